The average Bonchev–Trinajstić information content (AvgIpc) is 2.97. The Hall–Kier alpha value is -1.13. The molecule has 1 atom stereocenters. The number of alkyl halides is 2. The van der Waals surface area contributed by atoms with E-state index in [0.717, 1.165) is 11.5 Å². The lowest BCUT2D eigenvalue weighted by Gasteiger charge is -2.08. The van der Waals surface area contributed by atoms with Crippen LogP contribution in [0.3, 0.4) is 0 Å². The van der Waals surface area contributed by atoms with Crippen LogP contribution in [0.1, 0.15) is 5.56 Å². The molecule has 0 saturated carbocycles. The molecule has 0 aromatic heterocycles. The molecule has 0 saturated heterocycles. The number of amidine groups is 1. The van der Waals surface area contributed by atoms with Gasteiger partial charge in [0.25, 0.3) is 10.0 Å². The van der Waals surface area contributed by atoms with Crippen molar-refractivity contribution in [1.29, 1.82) is 0 Å². The highest BCUT2D eigenvalue weighted by Gasteiger charge is 2.34. The number of nitrogens with one attached hydrogen (secondary N) is 1. The molecule has 0 spiro atoms. The Morgan fingerprint density at radius 1 is 1.43 bits per heavy atom. The molecule has 1 N–H and O–H groups in total. The van der Waals surface area contributed by atoms with Gasteiger partial charge in [0, 0.05) is 16.2 Å². The summed E-state index contributed by atoms with van der Waals surface area (Å²) in [4.78, 5) is -0.0881. The van der Waals surface area contributed by atoms with E-state index in [1.807, 2.05) is 4.70 Å². The molecule has 2 aliphatic rings. The van der Waals surface area contributed by atoms with Crippen molar-refractivity contribution < 1.29 is 21.9 Å². The van der Waals surface area contributed by atoms with E-state index in [2.05, 4.69) is 13.9 Å². The van der Waals surface area contributed by atoms with E-state index in [-0.39, 0.29) is 22.0 Å². The van der Waals surface area contributed by atoms with Crippen LogP contribution in [0.15, 0.2) is 27.5 Å². The van der Waals surface area contributed by atoms with Gasteiger partial charge in [-0.1, -0.05) is 16.7 Å². The molecule has 3 rings (SSSR count). The summed E-state index contributed by atoms with van der Waals surface area (Å²) >= 11 is 1.61. The van der Waals surface area contributed by atoms with E-state index in [9.17, 15) is 17.2 Å². The van der Waals surface area contributed by atoms with Gasteiger partial charge < -0.3 is 4.74 Å². The van der Waals surface area contributed by atoms with Crippen molar-refractivity contribution in [3.8, 4) is 5.75 Å². The fourth-order valence-electron chi connectivity index (χ4n) is 1.95. The summed E-state index contributed by atoms with van der Waals surface area (Å²) in [5.74, 6) is 1.60. The van der Waals surface area contributed by atoms with Gasteiger partial charge in [0.05, 0.1) is 5.56 Å². The Bertz CT molecular complexity index is 747. The molecule has 0 amide bonds. The highest BCUT2D eigenvalue weighted by molar-refractivity contribution is 8.34. The number of rotatable bonds is 3. The Morgan fingerprint density at radius 3 is 2.90 bits per heavy atom. The van der Waals surface area contributed by atoms with Crippen molar-refractivity contribution in [3.63, 3.8) is 0 Å². The zero-order valence-corrected chi connectivity index (χ0v) is 12.9. The van der Waals surface area contributed by atoms with Gasteiger partial charge in [0.15, 0.2) is 5.84 Å². The summed E-state index contributed by atoms with van der Waals surface area (Å²) in [5.41, 5.74) is 0.0793. The quantitative estimate of drug-likeness (QED) is 0.845. The highest BCUT2D eigenvalue weighted by Crippen LogP contribution is 2.34. The van der Waals surface area contributed by atoms with Crippen molar-refractivity contribution in [2.75, 3.05) is 11.5 Å². The van der Waals surface area contributed by atoms with E-state index < -0.39 is 27.3 Å². The molecular formula is C11H10F2N2O3S3. The van der Waals surface area contributed by atoms with Crippen LogP contribution in [0.4, 0.5) is 8.78 Å². The van der Waals surface area contributed by atoms with Crippen LogP contribution in [0.5, 0.6) is 5.75 Å². The van der Waals surface area contributed by atoms with Crippen LogP contribution < -0.4 is 9.46 Å². The van der Waals surface area contributed by atoms with E-state index in [4.69, 9.17) is 0 Å². The molecule has 1 aromatic rings. The number of halogens is 2. The van der Waals surface area contributed by atoms with Crippen molar-refractivity contribution in [3.05, 3.63) is 23.8 Å². The number of fused-ring (bicyclic) bond motifs is 1. The van der Waals surface area contributed by atoms with Gasteiger partial charge in [-0.3, -0.25) is 4.72 Å². The highest BCUT2D eigenvalue weighted by atomic mass is 32.2. The van der Waals surface area contributed by atoms with Crippen LogP contribution >= 0.6 is 22.4 Å². The summed E-state index contributed by atoms with van der Waals surface area (Å²) in [6, 6.07) is 4.01. The predicted octanol–water partition coefficient (Wildman–Crippen LogP) is 2.02. The molecule has 10 heteroatoms. The molecule has 1 unspecified atom stereocenters. The van der Waals surface area contributed by atoms with Crippen molar-refractivity contribution in [2.24, 2.45) is 4.40 Å². The summed E-state index contributed by atoms with van der Waals surface area (Å²) in [5, 5.41) is 0. The third kappa shape index (κ3) is 2.92. The van der Waals surface area contributed by atoms with Gasteiger partial charge in [0.2, 0.25) is 0 Å². The maximum Gasteiger partial charge on any atom is 0.387 e. The molecule has 2 aliphatic heterocycles. The normalized spacial score (nSPS) is 24.7. The zero-order chi connectivity index (χ0) is 15.0. The third-order valence-corrected chi connectivity index (χ3v) is 7.31. The minimum Gasteiger partial charge on any atom is -0.434 e. The van der Waals surface area contributed by atoms with Gasteiger partial charge in [-0.2, -0.15) is 8.78 Å². The molecule has 0 fully saturated rings. The first kappa shape index (κ1) is 14.8. The first-order chi connectivity index (χ1) is 9.97. The smallest absolute Gasteiger partial charge is 0.387 e. The second-order valence-electron chi connectivity index (χ2n) is 4.13. The lowest BCUT2D eigenvalue weighted by Crippen LogP contribution is -2.22. The fraction of sp³-hybridized carbons (Fsp3) is 0.273. The van der Waals surface area contributed by atoms with Crippen LogP contribution in [-0.2, 0) is 10.0 Å². The second kappa shape index (κ2) is 5.58. The number of ether oxygens (including phenoxy) is 1. The van der Waals surface area contributed by atoms with Gasteiger partial charge in [-0.25, -0.2) is 12.8 Å². The van der Waals surface area contributed by atoms with E-state index in [1.165, 1.54) is 18.2 Å². The molecule has 114 valence electrons. The average molecular weight is 352 g/mol. The van der Waals surface area contributed by atoms with Gasteiger partial charge in [-0.15, -0.1) is 11.8 Å². The maximum atomic E-state index is 12.5. The van der Waals surface area contributed by atoms with Crippen molar-refractivity contribution >= 4 is 43.0 Å². The molecule has 0 aliphatic carbocycles. The van der Waals surface area contributed by atoms with Crippen molar-refractivity contribution in [2.45, 2.75) is 11.5 Å². The van der Waals surface area contributed by atoms with Gasteiger partial charge >= 0.3 is 6.61 Å². The minimum absolute atomic E-state index is 0.0725. The first-order valence-corrected chi connectivity index (χ1v) is 9.76. The van der Waals surface area contributed by atoms with E-state index in [0.29, 0.717) is 0 Å². The molecule has 5 nitrogen and oxygen atoms in total. The number of benzene rings is 1. The third-order valence-electron chi connectivity index (χ3n) is 2.76. The van der Waals surface area contributed by atoms with E-state index in [1.54, 1.807) is 11.8 Å². The largest absolute Gasteiger partial charge is 0.434 e. The van der Waals surface area contributed by atoms with Crippen LogP contribution in [0.25, 0.3) is 0 Å². The SMILES string of the molecule is O=S1(=O)NC(=NS2=CSCC2)c2c(OC(F)F)cccc21. The Morgan fingerprint density at radius 2 is 2.24 bits per heavy atom. The number of hydrogen-bond donors (Lipinski definition) is 1. The molecule has 2 heterocycles. The Labute approximate surface area is 126 Å². The monoisotopic (exact) mass is 352 g/mol. The van der Waals surface area contributed by atoms with Crippen LogP contribution in [-0.4, -0.2) is 37.1 Å². The minimum atomic E-state index is -3.78. The molecule has 1 aromatic carbocycles. The number of hydrogen-bond acceptors (Lipinski definition) is 5. The molecule has 0 bridgehead atoms. The van der Waals surface area contributed by atoms with Crippen LogP contribution in [0.2, 0.25) is 0 Å². The Balaban J connectivity index is 2.13. The standard InChI is InChI=1S/C11H10F2N2O3S3/c12-11(13)18-7-2-1-3-8-9(7)10(15-21(8,16)17)14-20-5-4-19-6-20/h1-3,6,11H,4-5H2,(H,14,15). The summed E-state index contributed by atoms with van der Waals surface area (Å²) in [7, 11) is -4.20. The summed E-state index contributed by atoms with van der Waals surface area (Å²) in [6.45, 7) is -3.03. The lowest BCUT2D eigenvalue weighted by molar-refractivity contribution is -0.0500. The maximum absolute atomic E-state index is 12.5. The number of thioether (sulfide) groups is 1. The first-order valence-electron chi connectivity index (χ1n) is 5.82. The van der Waals surface area contributed by atoms with Gasteiger partial charge in [0.1, 0.15) is 10.6 Å². The predicted molar refractivity (Wildman–Crippen MR) is 80.9 cm³/mol. The topological polar surface area (TPSA) is 67.8 Å². The number of sulfonamides is 1. The second-order valence-corrected chi connectivity index (χ2v) is 8.68. The summed E-state index contributed by atoms with van der Waals surface area (Å²) in [6.07, 6.45) is 0. The van der Waals surface area contributed by atoms with Crippen LogP contribution in [0, 0.1) is 0 Å². The molecule has 21 heavy (non-hydrogen) atoms. The lowest BCUT2D eigenvalue weighted by atomic mass is 10.2. The van der Waals surface area contributed by atoms with E-state index >= 15 is 0 Å². The van der Waals surface area contributed by atoms with Crippen molar-refractivity contribution in [1.82, 2.24) is 4.72 Å². The zero-order valence-electron chi connectivity index (χ0n) is 10.5. The fourth-order valence-corrected chi connectivity index (χ4v) is 6.35. The molecule has 0 radical (unpaired) electrons. The number of nitrogens with zero attached hydrogens (tertiary/aromatic N) is 1. The summed E-state index contributed by atoms with van der Waals surface area (Å²) < 4.78 is 62.0. The molecular weight excluding hydrogens is 342 g/mol. The Kier molecular flexibility index (Phi) is 3.93. The van der Waals surface area contributed by atoms with Gasteiger partial charge in [-0.05, 0) is 12.1 Å².